The van der Waals surface area contributed by atoms with Crippen molar-refractivity contribution in [2.24, 2.45) is 5.92 Å². The Balaban J connectivity index is 1.82. The van der Waals surface area contributed by atoms with Gasteiger partial charge in [0.1, 0.15) is 0 Å². The van der Waals surface area contributed by atoms with E-state index < -0.39 is 0 Å². The van der Waals surface area contributed by atoms with Crippen LogP contribution in [0.25, 0.3) is 0 Å². The largest absolute Gasteiger partial charge is 0.318 e. The molecule has 0 unspecified atom stereocenters. The minimum Gasteiger partial charge on any atom is -0.318 e. The van der Waals surface area contributed by atoms with Gasteiger partial charge in [-0.05, 0) is 25.7 Å². The van der Waals surface area contributed by atoms with Crippen molar-refractivity contribution in [3.63, 3.8) is 0 Å². The highest BCUT2D eigenvalue weighted by Gasteiger charge is 2.33. The highest BCUT2D eigenvalue weighted by molar-refractivity contribution is 5.92. The number of carbonyl (C=O) groups is 1. The molecule has 0 atom stereocenters. The number of hydrogen-bond acceptors (Lipinski definition) is 2. The van der Waals surface area contributed by atoms with E-state index in [0.29, 0.717) is 12.5 Å². The molecule has 1 fully saturated rings. The maximum absolute atomic E-state index is 11.8. The lowest BCUT2D eigenvalue weighted by molar-refractivity contribution is 0.0757. The predicted octanol–water partition coefficient (Wildman–Crippen LogP) is 1.01. The number of imidazole rings is 1. The van der Waals surface area contributed by atoms with Gasteiger partial charge in [0.05, 0.1) is 12.4 Å². The zero-order valence-electron chi connectivity index (χ0n) is 8.23. The Morgan fingerprint density at radius 1 is 1.57 bits per heavy atom. The molecule has 14 heavy (non-hydrogen) atoms. The van der Waals surface area contributed by atoms with E-state index in [1.165, 1.54) is 12.8 Å². The molecule has 0 bridgehead atoms. The van der Waals surface area contributed by atoms with Gasteiger partial charge in [-0.2, -0.15) is 0 Å². The summed E-state index contributed by atoms with van der Waals surface area (Å²) in [4.78, 5) is 17.9. The molecule has 1 saturated carbocycles. The molecule has 3 rings (SSSR count). The first-order valence-electron chi connectivity index (χ1n) is 5.07. The van der Waals surface area contributed by atoms with Crippen LogP contribution in [0.4, 0.5) is 0 Å². The van der Waals surface area contributed by atoms with Gasteiger partial charge in [0.25, 0.3) is 5.91 Å². The SMILES string of the molecule is Cc1cn2c(n1)C(=O)N(CC1CC1)C2. The summed E-state index contributed by atoms with van der Waals surface area (Å²) in [6, 6.07) is 0. The second kappa shape index (κ2) is 2.59. The lowest BCUT2D eigenvalue weighted by atomic mass is 10.4. The Labute approximate surface area is 82.5 Å². The van der Waals surface area contributed by atoms with Gasteiger partial charge in [0, 0.05) is 12.7 Å². The number of hydrogen-bond donors (Lipinski definition) is 0. The van der Waals surface area contributed by atoms with E-state index in [4.69, 9.17) is 0 Å². The first-order chi connectivity index (χ1) is 6.74. The highest BCUT2D eigenvalue weighted by atomic mass is 16.2. The Kier molecular flexibility index (Phi) is 1.48. The fourth-order valence-corrected chi connectivity index (χ4v) is 1.97. The van der Waals surface area contributed by atoms with Crippen molar-refractivity contribution in [2.75, 3.05) is 6.54 Å². The number of nitrogens with zero attached hydrogens (tertiary/aromatic N) is 3. The molecule has 0 aromatic carbocycles. The van der Waals surface area contributed by atoms with Crippen LogP contribution >= 0.6 is 0 Å². The number of fused-ring (bicyclic) bond motifs is 1. The zero-order valence-corrected chi connectivity index (χ0v) is 8.23. The van der Waals surface area contributed by atoms with Gasteiger partial charge in [0.15, 0.2) is 0 Å². The first kappa shape index (κ1) is 8.03. The summed E-state index contributed by atoms with van der Waals surface area (Å²) in [5.41, 5.74) is 0.930. The molecule has 1 aliphatic carbocycles. The van der Waals surface area contributed by atoms with E-state index in [9.17, 15) is 4.79 Å². The first-order valence-corrected chi connectivity index (χ1v) is 5.07. The zero-order chi connectivity index (χ0) is 9.71. The van der Waals surface area contributed by atoms with E-state index in [1.807, 2.05) is 22.6 Å². The van der Waals surface area contributed by atoms with Crippen LogP contribution in [0.1, 0.15) is 29.2 Å². The molecule has 0 N–H and O–H groups in total. The Morgan fingerprint density at radius 3 is 3.00 bits per heavy atom. The van der Waals surface area contributed by atoms with Crippen LogP contribution in [0.15, 0.2) is 6.20 Å². The topological polar surface area (TPSA) is 38.1 Å². The van der Waals surface area contributed by atoms with Gasteiger partial charge in [0.2, 0.25) is 5.82 Å². The molecular weight excluding hydrogens is 178 g/mol. The second-order valence-corrected chi connectivity index (χ2v) is 4.29. The molecular formula is C10H13N3O. The summed E-state index contributed by atoms with van der Waals surface area (Å²) in [5.74, 6) is 1.47. The fourth-order valence-electron chi connectivity index (χ4n) is 1.97. The van der Waals surface area contributed by atoms with E-state index in [2.05, 4.69) is 4.98 Å². The van der Waals surface area contributed by atoms with E-state index >= 15 is 0 Å². The van der Waals surface area contributed by atoms with Gasteiger partial charge < -0.3 is 9.47 Å². The number of aromatic nitrogens is 2. The third-order valence-corrected chi connectivity index (χ3v) is 2.87. The molecule has 1 aromatic rings. The van der Waals surface area contributed by atoms with Crippen LogP contribution < -0.4 is 0 Å². The van der Waals surface area contributed by atoms with Crippen molar-refractivity contribution >= 4 is 5.91 Å². The van der Waals surface area contributed by atoms with Crippen LogP contribution in [0.2, 0.25) is 0 Å². The van der Waals surface area contributed by atoms with E-state index in [1.54, 1.807) is 0 Å². The lowest BCUT2D eigenvalue weighted by Gasteiger charge is -2.13. The van der Waals surface area contributed by atoms with Gasteiger partial charge >= 0.3 is 0 Å². The number of carbonyl (C=O) groups excluding carboxylic acids is 1. The number of aryl methyl sites for hydroxylation is 1. The van der Waals surface area contributed by atoms with Crippen molar-refractivity contribution < 1.29 is 4.79 Å². The third kappa shape index (κ3) is 1.14. The van der Waals surface area contributed by atoms with Gasteiger partial charge in [-0.15, -0.1) is 0 Å². The molecule has 1 aliphatic heterocycles. The molecule has 4 heteroatoms. The molecule has 2 aliphatic rings. The van der Waals surface area contributed by atoms with Gasteiger partial charge in [-0.3, -0.25) is 4.79 Å². The van der Waals surface area contributed by atoms with Gasteiger partial charge in [-0.25, -0.2) is 4.98 Å². The van der Waals surface area contributed by atoms with Crippen LogP contribution in [-0.2, 0) is 6.67 Å². The Hall–Kier alpha value is -1.32. The molecule has 1 amide bonds. The molecule has 0 radical (unpaired) electrons. The van der Waals surface area contributed by atoms with Crippen LogP contribution in [0.5, 0.6) is 0 Å². The summed E-state index contributed by atoms with van der Waals surface area (Å²) < 4.78 is 1.94. The summed E-state index contributed by atoms with van der Waals surface area (Å²) in [6.07, 6.45) is 4.51. The van der Waals surface area contributed by atoms with E-state index in [-0.39, 0.29) is 5.91 Å². The Bertz CT molecular complexity index is 392. The smallest absolute Gasteiger partial charge is 0.291 e. The minimum absolute atomic E-state index is 0.102. The van der Waals surface area contributed by atoms with Crippen molar-refractivity contribution in [1.29, 1.82) is 0 Å². The fraction of sp³-hybridized carbons (Fsp3) is 0.600. The van der Waals surface area contributed by atoms with Crippen LogP contribution in [0.3, 0.4) is 0 Å². The monoisotopic (exact) mass is 191 g/mol. The minimum atomic E-state index is 0.102. The van der Waals surface area contributed by atoms with Crippen molar-refractivity contribution in [3.8, 4) is 0 Å². The normalized spacial score (nSPS) is 20.4. The standard InChI is InChI=1S/C10H13N3O/c1-7-4-12-6-13(5-8-2-3-8)10(14)9(12)11-7/h4,8H,2-3,5-6H2,1H3. The quantitative estimate of drug-likeness (QED) is 0.699. The third-order valence-electron chi connectivity index (χ3n) is 2.87. The molecule has 74 valence electrons. The average Bonchev–Trinajstić information content (AvgIpc) is 2.81. The highest BCUT2D eigenvalue weighted by Crippen LogP contribution is 2.31. The maximum atomic E-state index is 11.8. The summed E-state index contributed by atoms with van der Waals surface area (Å²) >= 11 is 0. The van der Waals surface area contributed by atoms with Crippen molar-refractivity contribution in [1.82, 2.24) is 14.5 Å². The molecule has 0 spiro atoms. The average molecular weight is 191 g/mol. The van der Waals surface area contributed by atoms with Gasteiger partial charge in [-0.1, -0.05) is 0 Å². The van der Waals surface area contributed by atoms with Crippen molar-refractivity contribution in [2.45, 2.75) is 26.4 Å². The lowest BCUT2D eigenvalue weighted by Crippen LogP contribution is -2.27. The van der Waals surface area contributed by atoms with Crippen LogP contribution in [0, 0.1) is 12.8 Å². The molecule has 2 heterocycles. The summed E-state index contributed by atoms with van der Waals surface area (Å²) in [6.45, 7) is 3.54. The maximum Gasteiger partial charge on any atom is 0.291 e. The van der Waals surface area contributed by atoms with Crippen molar-refractivity contribution in [3.05, 3.63) is 17.7 Å². The molecule has 4 nitrogen and oxygen atoms in total. The second-order valence-electron chi connectivity index (χ2n) is 4.29. The molecule has 0 saturated heterocycles. The predicted molar refractivity (Wildman–Crippen MR) is 50.7 cm³/mol. The summed E-state index contributed by atoms with van der Waals surface area (Å²) in [7, 11) is 0. The van der Waals surface area contributed by atoms with E-state index in [0.717, 1.165) is 18.2 Å². The number of rotatable bonds is 2. The van der Waals surface area contributed by atoms with Crippen LogP contribution in [-0.4, -0.2) is 26.9 Å². The molecule has 1 aromatic heterocycles. The number of amides is 1. The Morgan fingerprint density at radius 2 is 2.36 bits per heavy atom. The summed E-state index contributed by atoms with van der Waals surface area (Å²) in [5, 5.41) is 0.